The van der Waals surface area contributed by atoms with Gasteiger partial charge in [-0.3, -0.25) is 4.79 Å². The van der Waals surface area contributed by atoms with Crippen LogP contribution in [0.5, 0.6) is 11.5 Å². The van der Waals surface area contributed by atoms with Crippen LogP contribution >= 0.6 is 0 Å². The molecule has 0 spiro atoms. The zero-order valence-corrected chi connectivity index (χ0v) is 18.3. The molecule has 1 N–H and O–H groups in total. The molecule has 0 radical (unpaired) electrons. The van der Waals surface area contributed by atoms with E-state index in [9.17, 15) is 4.79 Å². The van der Waals surface area contributed by atoms with E-state index >= 15 is 0 Å². The van der Waals surface area contributed by atoms with E-state index in [0.29, 0.717) is 23.6 Å². The van der Waals surface area contributed by atoms with Gasteiger partial charge in [0.05, 0.1) is 25.4 Å². The molecule has 0 bridgehead atoms. The van der Waals surface area contributed by atoms with Gasteiger partial charge in [-0.2, -0.15) is 0 Å². The van der Waals surface area contributed by atoms with Gasteiger partial charge in [-0.25, -0.2) is 4.98 Å². The Hall–Kier alpha value is -2.80. The van der Waals surface area contributed by atoms with Crippen LogP contribution in [0.2, 0.25) is 0 Å². The molecule has 1 fully saturated rings. The zero-order chi connectivity index (χ0) is 21.7. The highest BCUT2D eigenvalue weighted by atomic mass is 16.5. The Morgan fingerprint density at radius 1 is 1.20 bits per heavy atom. The van der Waals surface area contributed by atoms with E-state index in [1.807, 2.05) is 26.0 Å². The molecule has 1 saturated heterocycles. The van der Waals surface area contributed by atoms with Crippen molar-refractivity contribution in [2.24, 2.45) is 0 Å². The van der Waals surface area contributed by atoms with Gasteiger partial charge in [0.1, 0.15) is 5.82 Å². The quantitative estimate of drug-likeness (QED) is 0.750. The van der Waals surface area contributed by atoms with Crippen LogP contribution in [-0.4, -0.2) is 49.4 Å². The number of ether oxygens (including phenoxy) is 3. The minimum atomic E-state index is -0.177. The number of rotatable bonds is 7. The fraction of sp³-hybridized carbons (Fsp3) is 0.478. The van der Waals surface area contributed by atoms with Crippen LogP contribution in [0, 0.1) is 0 Å². The monoisotopic (exact) mass is 413 g/mol. The van der Waals surface area contributed by atoms with Gasteiger partial charge in [-0.05, 0) is 57.5 Å². The number of aromatic nitrogens is 1. The third-order valence-corrected chi connectivity index (χ3v) is 4.79. The van der Waals surface area contributed by atoms with Crippen molar-refractivity contribution in [3.05, 3.63) is 47.7 Å². The Morgan fingerprint density at radius 2 is 1.93 bits per heavy atom. The summed E-state index contributed by atoms with van der Waals surface area (Å²) >= 11 is 0. The van der Waals surface area contributed by atoms with E-state index < -0.39 is 0 Å². The number of nitrogens with zero attached hydrogens (tertiary/aromatic N) is 2. The summed E-state index contributed by atoms with van der Waals surface area (Å²) in [5.41, 5.74) is 1.46. The average molecular weight is 414 g/mol. The number of nitrogens with one attached hydrogen (secondary N) is 1. The molecular formula is C23H31N3O4. The van der Waals surface area contributed by atoms with Crippen LogP contribution in [0.1, 0.15) is 43.6 Å². The Bertz CT molecular complexity index is 844. The van der Waals surface area contributed by atoms with Crippen LogP contribution in [0.15, 0.2) is 36.5 Å². The SMILES string of the molecule is COc1cc(C(=O)NCc2ccc(N3CC(C)OC(C)C3)nc2)ccc1OC(C)C. The number of carbonyl (C=O) groups excluding carboxylic acids is 1. The number of methoxy groups -OCH3 is 1. The lowest BCUT2D eigenvalue weighted by Crippen LogP contribution is -2.45. The van der Waals surface area contributed by atoms with Gasteiger partial charge in [0.25, 0.3) is 5.91 Å². The third-order valence-electron chi connectivity index (χ3n) is 4.79. The summed E-state index contributed by atoms with van der Waals surface area (Å²) in [6.45, 7) is 10.1. The van der Waals surface area contributed by atoms with Crippen molar-refractivity contribution in [2.75, 3.05) is 25.1 Å². The number of benzene rings is 1. The smallest absolute Gasteiger partial charge is 0.251 e. The zero-order valence-electron chi connectivity index (χ0n) is 18.3. The minimum Gasteiger partial charge on any atom is -0.493 e. The summed E-state index contributed by atoms with van der Waals surface area (Å²) in [5, 5.41) is 2.93. The van der Waals surface area contributed by atoms with Crippen molar-refractivity contribution in [3.8, 4) is 11.5 Å². The summed E-state index contributed by atoms with van der Waals surface area (Å²) < 4.78 is 16.8. The second kappa shape index (κ2) is 9.80. The summed E-state index contributed by atoms with van der Waals surface area (Å²) in [7, 11) is 1.56. The number of hydrogen-bond donors (Lipinski definition) is 1. The minimum absolute atomic E-state index is 0.0259. The average Bonchev–Trinajstić information content (AvgIpc) is 2.71. The third kappa shape index (κ3) is 5.63. The van der Waals surface area contributed by atoms with E-state index in [-0.39, 0.29) is 24.2 Å². The largest absolute Gasteiger partial charge is 0.493 e. The Morgan fingerprint density at radius 3 is 2.53 bits per heavy atom. The van der Waals surface area contributed by atoms with Crippen LogP contribution in [0.25, 0.3) is 0 Å². The number of hydrogen-bond acceptors (Lipinski definition) is 6. The maximum atomic E-state index is 12.6. The normalized spacial score (nSPS) is 18.9. The lowest BCUT2D eigenvalue weighted by Gasteiger charge is -2.36. The highest BCUT2D eigenvalue weighted by Crippen LogP contribution is 2.29. The van der Waals surface area contributed by atoms with Gasteiger partial charge in [0.2, 0.25) is 0 Å². The fourth-order valence-electron chi connectivity index (χ4n) is 3.52. The van der Waals surface area contributed by atoms with Gasteiger partial charge in [0, 0.05) is 31.4 Å². The molecule has 0 aliphatic carbocycles. The van der Waals surface area contributed by atoms with Gasteiger partial charge in [-0.15, -0.1) is 0 Å². The summed E-state index contributed by atoms with van der Waals surface area (Å²) in [6.07, 6.45) is 2.20. The predicted molar refractivity (Wildman–Crippen MR) is 116 cm³/mol. The van der Waals surface area contributed by atoms with Crippen molar-refractivity contribution in [2.45, 2.75) is 52.6 Å². The second-order valence-corrected chi connectivity index (χ2v) is 7.90. The first-order valence-electron chi connectivity index (χ1n) is 10.3. The van der Waals surface area contributed by atoms with E-state index in [4.69, 9.17) is 14.2 Å². The molecule has 0 saturated carbocycles. The molecule has 30 heavy (non-hydrogen) atoms. The van der Waals surface area contributed by atoms with Gasteiger partial charge in [-0.1, -0.05) is 6.07 Å². The Balaban J connectivity index is 1.59. The summed E-state index contributed by atoms with van der Waals surface area (Å²) in [6, 6.07) is 9.17. The lowest BCUT2D eigenvalue weighted by atomic mass is 10.1. The number of carbonyl (C=O) groups is 1. The number of morpholine rings is 1. The molecule has 2 unspecified atom stereocenters. The molecular weight excluding hydrogens is 382 g/mol. The van der Waals surface area contributed by atoms with Crippen LogP contribution in [-0.2, 0) is 11.3 Å². The maximum absolute atomic E-state index is 12.6. The second-order valence-electron chi connectivity index (χ2n) is 7.90. The molecule has 2 aromatic rings. The number of anilines is 1. The van der Waals surface area contributed by atoms with Crippen LogP contribution < -0.4 is 19.7 Å². The highest BCUT2D eigenvalue weighted by Gasteiger charge is 2.23. The van der Waals surface area contributed by atoms with E-state index in [1.54, 1.807) is 31.5 Å². The van der Waals surface area contributed by atoms with Crippen molar-refractivity contribution < 1.29 is 19.0 Å². The van der Waals surface area contributed by atoms with Crippen molar-refractivity contribution in [1.82, 2.24) is 10.3 Å². The molecule has 1 amide bonds. The van der Waals surface area contributed by atoms with E-state index in [0.717, 1.165) is 24.5 Å². The molecule has 7 nitrogen and oxygen atoms in total. The molecule has 2 atom stereocenters. The molecule has 3 rings (SSSR count). The van der Waals surface area contributed by atoms with Crippen molar-refractivity contribution in [1.29, 1.82) is 0 Å². The number of pyridine rings is 1. The molecule has 1 aliphatic heterocycles. The lowest BCUT2D eigenvalue weighted by molar-refractivity contribution is -0.00546. The first-order chi connectivity index (χ1) is 14.4. The van der Waals surface area contributed by atoms with Gasteiger partial charge < -0.3 is 24.4 Å². The van der Waals surface area contributed by atoms with E-state index in [1.165, 1.54) is 0 Å². The van der Waals surface area contributed by atoms with Gasteiger partial charge in [0.15, 0.2) is 11.5 Å². The predicted octanol–water partition coefficient (Wildman–Crippen LogP) is 3.42. The Kier molecular flexibility index (Phi) is 7.15. The first-order valence-corrected chi connectivity index (χ1v) is 10.3. The van der Waals surface area contributed by atoms with Crippen LogP contribution in [0.3, 0.4) is 0 Å². The highest BCUT2D eigenvalue weighted by molar-refractivity contribution is 5.94. The molecule has 162 valence electrons. The number of amides is 1. The van der Waals surface area contributed by atoms with Crippen molar-refractivity contribution >= 4 is 11.7 Å². The Labute approximate surface area is 178 Å². The molecule has 1 aliphatic rings. The van der Waals surface area contributed by atoms with Crippen molar-refractivity contribution in [3.63, 3.8) is 0 Å². The van der Waals surface area contributed by atoms with Crippen LogP contribution in [0.4, 0.5) is 5.82 Å². The van der Waals surface area contributed by atoms with E-state index in [2.05, 4.69) is 29.0 Å². The first kappa shape index (κ1) is 21.9. The topological polar surface area (TPSA) is 72.9 Å². The standard InChI is InChI=1S/C23H31N3O4/c1-15(2)29-20-8-7-19(10-21(20)28-5)23(27)25-12-18-6-9-22(24-11-18)26-13-16(3)30-17(4)14-26/h6-11,15-17H,12-14H2,1-5H3,(H,25,27). The molecule has 7 heteroatoms. The fourth-order valence-corrected chi connectivity index (χ4v) is 3.52. The molecule has 1 aromatic heterocycles. The molecule has 2 heterocycles. The maximum Gasteiger partial charge on any atom is 0.251 e. The summed E-state index contributed by atoms with van der Waals surface area (Å²) in [5.74, 6) is 1.91. The van der Waals surface area contributed by atoms with Gasteiger partial charge >= 0.3 is 0 Å². The summed E-state index contributed by atoms with van der Waals surface area (Å²) in [4.78, 5) is 19.4. The molecule has 1 aromatic carbocycles.